The van der Waals surface area contributed by atoms with Gasteiger partial charge >= 0.3 is 29.6 Å². The number of carbonyl (C=O) groups is 2. The number of carbonyl (C=O) groups excluding carboxylic acids is 2. The summed E-state index contributed by atoms with van der Waals surface area (Å²) in [6.45, 7) is 0. The minimum atomic E-state index is -4.80. The van der Waals surface area contributed by atoms with Gasteiger partial charge in [0, 0.05) is 4.90 Å². The summed E-state index contributed by atoms with van der Waals surface area (Å²) in [4.78, 5) is 21.9. The molecule has 19 heavy (non-hydrogen) atoms. The number of rotatable bonds is 3. The molecule has 0 saturated carbocycles. The van der Waals surface area contributed by atoms with Crippen molar-refractivity contribution in [2.24, 2.45) is 0 Å². The molecule has 0 fully saturated rings. The van der Waals surface area contributed by atoms with Crippen LogP contribution in [0.2, 0.25) is 0 Å². The van der Waals surface area contributed by atoms with Gasteiger partial charge < -0.3 is 9.47 Å². The maximum atomic E-state index is 11.4. The number of benzene rings is 1. The van der Waals surface area contributed by atoms with Crippen molar-refractivity contribution < 1.29 is 61.6 Å². The minimum absolute atomic E-state index is 0. The largest absolute Gasteiger partial charge is 1.00 e. The number of hydrogen-bond acceptors (Lipinski definition) is 6. The van der Waals surface area contributed by atoms with Crippen molar-refractivity contribution in [2.75, 3.05) is 14.2 Å². The Hall–Kier alpha value is -0.930. The number of methoxy groups -OCH3 is 2. The van der Waals surface area contributed by atoms with Gasteiger partial charge in [-0.3, -0.25) is 14.1 Å². The molecule has 98 valence electrons. The Morgan fingerprint density at radius 1 is 1.11 bits per heavy atom. The maximum absolute atomic E-state index is 11.4. The van der Waals surface area contributed by atoms with Crippen LogP contribution in [-0.4, -0.2) is 39.1 Å². The van der Waals surface area contributed by atoms with E-state index in [4.69, 9.17) is 4.55 Å². The summed E-state index contributed by atoms with van der Waals surface area (Å²) >= 11 is 0. The van der Waals surface area contributed by atoms with Crippen LogP contribution in [0, 0.1) is 6.07 Å². The van der Waals surface area contributed by atoms with E-state index >= 15 is 0 Å². The molecule has 7 nitrogen and oxygen atoms in total. The Bertz CT molecular complexity index is 560. The molecule has 0 atom stereocenters. The second-order valence-corrected chi connectivity index (χ2v) is 4.43. The Labute approximate surface area is 131 Å². The van der Waals surface area contributed by atoms with E-state index in [1.807, 2.05) is 0 Å². The Kier molecular flexibility index (Phi) is 6.67. The van der Waals surface area contributed by atoms with Crippen LogP contribution >= 0.6 is 0 Å². The fraction of sp³-hybridized carbons (Fsp3) is 0.200. The van der Waals surface area contributed by atoms with Crippen molar-refractivity contribution in [3.8, 4) is 0 Å². The summed E-state index contributed by atoms with van der Waals surface area (Å²) in [6, 6.07) is 4.37. The molecule has 0 heterocycles. The summed E-state index contributed by atoms with van der Waals surface area (Å²) in [5.74, 6) is -2.05. The molecule has 0 radical (unpaired) electrons. The van der Waals surface area contributed by atoms with Crippen molar-refractivity contribution in [2.45, 2.75) is 4.90 Å². The van der Waals surface area contributed by atoms with E-state index in [9.17, 15) is 18.0 Å². The van der Waals surface area contributed by atoms with Gasteiger partial charge in [-0.05, 0) is 11.1 Å². The predicted octanol–water partition coefficient (Wildman–Crippen LogP) is -2.69. The second kappa shape index (κ2) is 7.01. The van der Waals surface area contributed by atoms with Gasteiger partial charge in [0.15, 0.2) is 0 Å². The zero-order chi connectivity index (χ0) is 13.9. The van der Waals surface area contributed by atoms with Crippen molar-refractivity contribution in [3.63, 3.8) is 0 Å². The first-order chi connectivity index (χ1) is 8.32. The number of ether oxygens (including phenoxy) is 2. The first kappa shape index (κ1) is 18.1. The van der Waals surface area contributed by atoms with Crippen LogP contribution in [0.3, 0.4) is 0 Å². The topological polar surface area (TPSA) is 107 Å². The molecule has 0 amide bonds. The van der Waals surface area contributed by atoms with E-state index in [0.717, 1.165) is 26.4 Å². The van der Waals surface area contributed by atoms with Crippen molar-refractivity contribution in [1.82, 2.24) is 0 Å². The molecule has 1 aromatic carbocycles. The summed E-state index contributed by atoms with van der Waals surface area (Å²) in [5.41, 5.74) is -0.995. The smallest absolute Gasteiger partial charge is 0.475 e. The van der Waals surface area contributed by atoms with Gasteiger partial charge in [0.25, 0.3) is 22.1 Å². The van der Waals surface area contributed by atoms with Gasteiger partial charge in [-0.25, -0.2) is 0 Å². The molecular formula is C10H9NaO7S. The van der Waals surface area contributed by atoms with Crippen LogP contribution in [0.25, 0.3) is 0 Å². The van der Waals surface area contributed by atoms with Crippen LogP contribution in [0.5, 0.6) is 0 Å². The molecule has 0 unspecified atom stereocenters. The molecular weight excluding hydrogens is 287 g/mol. The predicted molar refractivity (Wildman–Crippen MR) is 57.8 cm³/mol. The monoisotopic (exact) mass is 296 g/mol. The van der Waals surface area contributed by atoms with Crippen LogP contribution in [-0.2, 0) is 19.6 Å². The zero-order valence-electron chi connectivity index (χ0n) is 10.5. The third-order valence-electron chi connectivity index (χ3n) is 2.01. The SMILES string of the molecule is COC(=O)c1c[c-]cc(C(=O)OC)c1S(=O)(=O)O.[Na+]. The van der Waals surface area contributed by atoms with Crippen LogP contribution in [0.15, 0.2) is 17.0 Å². The van der Waals surface area contributed by atoms with Gasteiger partial charge in [0.05, 0.1) is 14.2 Å². The van der Waals surface area contributed by atoms with Gasteiger partial charge in [0.1, 0.15) is 0 Å². The fourth-order valence-electron chi connectivity index (χ4n) is 1.29. The Balaban J connectivity index is 0.00000324. The number of hydrogen-bond donors (Lipinski definition) is 1. The van der Waals surface area contributed by atoms with Gasteiger partial charge in [-0.15, -0.1) is 0 Å². The van der Waals surface area contributed by atoms with E-state index in [1.54, 1.807) is 0 Å². The average molecular weight is 296 g/mol. The Morgan fingerprint density at radius 2 is 1.47 bits per heavy atom. The molecule has 9 heteroatoms. The standard InChI is InChI=1S/C10H9O7S.Na/c1-16-9(11)6-4-3-5-7(10(12)17-2)8(6)18(13,14)15;/h4-5H,1-2H3,(H,13,14,15);/q-1;+1. The molecule has 0 saturated heterocycles. The first-order valence-corrected chi connectivity index (χ1v) is 5.95. The summed E-state index contributed by atoms with van der Waals surface area (Å²) in [7, 11) is -2.74. The van der Waals surface area contributed by atoms with E-state index in [1.165, 1.54) is 0 Å². The molecule has 1 aromatic rings. The molecule has 0 bridgehead atoms. The minimum Gasteiger partial charge on any atom is -0.475 e. The summed E-state index contributed by atoms with van der Waals surface area (Å²) in [6.07, 6.45) is 0. The van der Waals surface area contributed by atoms with E-state index in [-0.39, 0.29) is 29.6 Å². The Morgan fingerprint density at radius 3 is 1.74 bits per heavy atom. The molecule has 1 rings (SSSR count). The van der Waals surface area contributed by atoms with Crippen molar-refractivity contribution in [3.05, 3.63) is 29.3 Å². The summed E-state index contributed by atoms with van der Waals surface area (Å²) in [5, 5.41) is 0. The normalized spacial score (nSPS) is 10.3. The fourth-order valence-corrected chi connectivity index (χ4v) is 2.13. The third-order valence-corrected chi connectivity index (χ3v) is 2.97. The molecule has 0 aliphatic carbocycles. The molecule has 0 aromatic heterocycles. The molecule has 1 N–H and O–H groups in total. The summed E-state index contributed by atoms with van der Waals surface area (Å²) < 4.78 is 40.3. The van der Waals surface area contributed by atoms with Gasteiger partial charge in [-0.1, -0.05) is 0 Å². The van der Waals surface area contributed by atoms with Crippen LogP contribution in [0.1, 0.15) is 20.7 Å². The molecule has 0 spiro atoms. The molecule has 0 aliphatic heterocycles. The number of esters is 2. The third kappa shape index (κ3) is 4.02. The second-order valence-electron chi connectivity index (χ2n) is 3.07. The van der Waals surface area contributed by atoms with Crippen molar-refractivity contribution >= 4 is 22.1 Å². The quantitative estimate of drug-likeness (QED) is 0.280. The van der Waals surface area contributed by atoms with Gasteiger partial charge in [0.2, 0.25) is 0 Å². The molecule has 0 aliphatic rings. The van der Waals surface area contributed by atoms with E-state index < -0.39 is 38.1 Å². The van der Waals surface area contributed by atoms with Crippen LogP contribution < -0.4 is 29.6 Å². The zero-order valence-corrected chi connectivity index (χ0v) is 13.3. The maximum Gasteiger partial charge on any atom is 1.00 e. The van der Waals surface area contributed by atoms with Crippen molar-refractivity contribution in [1.29, 1.82) is 0 Å². The van der Waals surface area contributed by atoms with Crippen LogP contribution in [0.4, 0.5) is 0 Å². The van der Waals surface area contributed by atoms with E-state index in [2.05, 4.69) is 15.5 Å². The first-order valence-electron chi connectivity index (χ1n) is 4.51. The average Bonchev–Trinajstić information content (AvgIpc) is 2.34. The van der Waals surface area contributed by atoms with E-state index in [0.29, 0.717) is 0 Å². The van der Waals surface area contributed by atoms with Gasteiger partial charge in [-0.2, -0.15) is 26.6 Å².